The van der Waals surface area contributed by atoms with Crippen LogP contribution >= 0.6 is 15.9 Å². The molecule has 0 spiro atoms. The molecule has 2 heterocycles. The first kappa shape index (κ1) is 13.1. The van der Waals surface area contributed by atoms with E-state index in [1.807, 2.05) is 0 Å². The molecule has 18 heavy (non-hydrogen) atoms. The Kier molecular flexibility index (Phi) is 3.72. The number of carboxylic acid groups (broad SMARTS) is 1. The maximum atomic E-state index is 12.2. The molecule has 0 aromatic carbocycles. The van der Waals surface area contributed by atoms with E-state index in [2.05, 4.69) is 15.9 Å². The normalized spacial score (nSPS) is 19.9. The molecule has 1 atom stereocenters. The van der Waals surface area contributed by atoms with Crippen molar-refractivity contribution in [2.75, 3.05) is 19.8 Å². The van der Waals surface area contributed by atoms with Gasteiger partial charge in [-0.25, -0.2) is 4.79 Å². The number of rotatable bonds is 2. The van der Waals surface area contributed by atoms with Crippen molar-refractivity contribution in [1.82, 2.24) is 4.90 Å². The van der Waals surface area contributed by atoms with Gasteiger partial charge in [-0.3, -0.25) is 4.79 Å². The van der Waals surface area contributed by atoms with Gasteiger partial charge in [-0.15, -0.1) is 0 Å². The van der Waals surface area contributed by atoms with Crippen molar-refractivity contribution in [3.63, 3.8) is 0 Å². The van der Waals surface area contributed by atoms with Crippen LogP contribution in [0.4, 0.5) is 0 Å². The van der Waals surface area contributed by atoms with Gasteiger partial charge in [0.05, 0.1) is 13.2 Å². The Labute approximate surface area is 112 Å². The zero-order valence-corrected chi connectivity index (χ0v) is 11.3. The van der Waals surface area contributed by atoms with Crippen LogP contribution in [-0.2, 0) is 9.53 Å². The number of hydrogen-bond acceptors (Lipinski definition) is 4. The zero-order valence-electron chi connectivity index (χ0n) is 9.68. The second-order valence-electron chi connectivity index (χ2n) is 3.99. The van der Waals surface area contributed by atoms with E-state index in [1.54, 1.807) is 13.0 Å². The summed E-state index contributed by atoms with van der Waals surface area (Å²) in [5, 5.41) is 9.07. The molecule has 1 aromatic heterocycles. The van der Waals surface area contributed by atoms with Gasteiger partial charge in [0.25, 0.3) is 5.91 Å². The van der Waals surface area contributed by atoms with Crippen LogP contribution in [0.2, 0.25) is 0 Å². The van der Waals surface area contributed by atoms with Crippen LogP contribution < -0.4 is 0 Å². The van der Waals surface area contributed by atoms with E-state index in [4.69, 9.17) is 14.3 Å². The summed E-state index contributed by atoms with van der Waals surface area (Å²) in [6.07, 6.45) is 0. The molecular weight excluding hydrogens is 306 g/mol. The largest absolute Gasteiger partial charge is 0.480 e. The van der Waals surface area contributed by atoms with Gasteiger partial charge in [-0.2, -0.15) is 0 Å². The molecule has 0 bridgehead atoms. The molecule has 2 rings (SSSR count). The maximum Gasteiger partial charge on any atom is 0.328 e. The average Bonchev–Trinajstić information content (AvgIpc) is 2.67. The van der Waals surface area contributed by atoms with Crippen molar-refractivity contribution < 1.29 is 23.8 Å². The van der Waals surface area contributed by atoms with E-state index in [0.717, 1.165) is 0 Å². The highest BCUT2D eigenvalue weighted by atomic mass is 79.9. The predicted octanol–water partition coefficient (Wildman–Crippen LogP) is 1.28. The van der Waals surface area contributed by atoms with E-state index in [9.17, 15) is 9.59 Å². The van der Waals surface area contributed by atoms with Gasteiger partial charge in [0.2, 0.25) is 0 Å². The lowest BCUT2D eigenvalue weighted by atomic mass is 10.2. The van der Waals surface area contributed by atoms with Gasteiger partial charge in [0.1, 0.15) is 0 Å². The minimum Gasteiger partial charge on any atom is -0.480 e. The van der Waals surface area contributed by atoms with Crippen molar-refractivity contribution in [2.24, 2.45) is 0 Å². The minimum atomic E-state index is -1.08. The predicted molar refractivity (Wildman–Crippen MR) is 64.4 cm³/mol. The number of hydrogen-bond donors (Lipinski definition) is 1. The van der Waals surface area contributed by atoms with E-state index >= 15 is 0 Å². The first-order valence-electron chi connectivity index (χ1n) is 5.38. The number of halogens is 1. The number of nitrogens with zero attached hydrogens (tertiary/aromatic N) is 1. The van der Waals surface area contributed by atoms with Crippen LogP contribution in [0.3, 0.4) is 0 Å². The number of carbonyl (C=O) groups excluding carboxylic acids is 1. The minimum absolute atomic E-state index is 0.00198. The molecule has 1 unspecified atom stereocenters. The van der Waals surface area contributed by atoms with Crippen molar-refractivity contribution in [1.29, 1.82) is 0 Å². The summed E-state index contributed by atoms with van der Waals surface area (Å²) >= 11 is 3.14. The molecule has 1 N–H and O–H groups in total. The van der Waals surface area contributed by atoms with Crippen LogP contribution in [0.5, 0.6) is 0 Å². The zero-order chi connectivity index (χ0) is 13.3. The summed E-state index contributed by atoms with van der Waals surface area (Å²) in [6.45, 7) is 2.31. The van der Waals surface area contributed by atoms with E-state index in [-0.39, 0.29) is 18.9 Å². The molecule has 1 aliphatic heterocycles. The van der Waals surface area contributed by atoms with Gasteiger partial charge in [-0.1, -0.05) is 0 Å². The number of carboxylic acids is 1. The third kappa shape index (κ3) is 2.41. The van der Waals surface area contributed by atoms with Gasteiger partial charge < -0.3 is 19.2 Å². The summed E-state index contributed by atoms with van der Waals surface area (Å²) in [6, 6.07) is 0.707. The summed E-state index contributed by atoms with van der Waals surface area (Å²) in [5.41, 5.74) is 0.669. The first-order chi connectivity index (χ1) is 8.50. The van der Waals surface area contributed by atoms with E-state index in [0.29, 0.717) is 16.8 Å². The fraction of sp³-hybridized carbons (Fsp3) is 0.455. The van der Waals surface area contributed by atoms with Crippen LogP contribution in [0, 0.1) is 6.92 Å². The second kappa shape index (κ2) is 5.11. The lowest BCUT2D eigenvalue weighted by Crippen LogP contribution is -2.52. The van der Waals surface area contributed by atoms with Crippen LogP contribution in [0.25, 0.3) is 0 Å². The third-order valence-electron chi connectivity index (χ3n) is 2.76. The number of carbonyl (C=O) groups is 2. The van der Waals surface area contributed by atoms with Gasteiger partial charge in [0, 0.05) is 12.1 Å². The number of aliphatic carboxylic acids is 1. The van der Waals surface area contributed by atoms with E-state index in [1.165, 1.54) is 4.90 Å². The Hall–Kier alpha value is -1.34. The third-order valence-corrected chi connectivity index (χ3v) is 3.15. The molecule has 1 aromatic rings. The smallest absolute Gasteiger partial charge is 0.328 e. The first-order valence-corrected chi connectivity index (χ1v) is 6.17. The molecule has 1 aliphatic rings. The Morgan fingerprint density at radius 1 is 1.56 bits per heavy atom. The maximum absolute atomic E-state index is 12.2. The molecule has 1 amide bonds. The molecule has 0 radical (unpaired) electrons. The Morgan fingerprint density at radius 3 is 2.83 bits per heavy atom. The van der Waals surface area contributed by atoms with Crippen LogP contribution in [-0.4, -0.2) is 47.7 Å². The number of furan rings is 1. The fourth-order valence-electron chi connectivity index (χ4n) is 1.84. The SMILES string of the molecule is Cc1cc(Br)oc1C(=O)N1CCOCC1C(=O)O. The van der Waals surface area contributed by atoms with Gasteiger partial charge in [-0.05, 0) is 28.9 Å². The number of ether oxygens (including phenoxy) is 1. The number of amides is 1. The Balaban J connectivity index is 2.26. The summed E-state index contributed by atoms with van der Waals surface area (Å²) in [7, 11) is 0. The monoisotopic (exact) mass is 317 g/mol. The fourth-order valence-corrected chi connectivity index (χ4v) is 2.34. The summed E-state index contributed by atoms with van der Waals surface area (Å²) in [4.78, 5) is 24.6. The average molecular weight is 318 g/mol. The lowest BCUT2D eigenvalue weighted by molar-refractivity contribution is -0.147. The van der Waals surface area contributed by atoms with Crippen molar-refractivity contribution >= 4 is 27.8 Å². The van der Waals surface area contributed by atoms with E-state index < -0.39 is 17.9 Å². The standard InChI is InChI=1S/C11H12BrNO5/c1-6-4-8(12)18-9(6)10(14)13-2-3-17-5-7(13)11(15)16/h4,7H,2-3,5H2,1H3,(H,15,16). The molecule has 0 saturated carbocycles. The lowest BCUT2D eigenvalue weighted by Gasteiger charge is -2.32. The molecule has 1 saturated heterocycles. The van der Waals surface area contributed by atoms with Gasteiger partial charge >= 0.3 is 5.97 Å². The second-order valence-corrected chi connectivity index (χ2v) is 4.77. The summed E-state index contributed by atoms with van der Waals surface area (Å²) < 4.78 is 10.8. The molecule has 1 fully saturated rings. The molecule has 98 valence electrons. The highest BCUT2D eigenvalue weighted by Gasteiger charge is 2.35. The molecule has 7 heteroatoms. The van der Waals surface area contributed by atoms with Crippen LogP contribution in [0.1, 0.15) is 16.1 Å². The molecular formula is C11H12BrNO5. The summed E-state index contributed by atoms with van der Waals surface area (Å²) in [5.74, 6) is -1.34. The number of morpholine rings is 1. The van der Waals surface area contributed by atoms with Crippen molar-refractivity contribution in [3.05, 3.63) is 22.1 Å². The van der Waals surface area contributed by atoms with Gasteiger partial charge in [0.15, 0.2) is 16.5 Å². The van der Waals surface area contributed by atoms with Crippen molar-refractivity contribution in [3.8, 4) is 0 Å². The van der Waals surface area contributed by atoms with Crippen LogP contribution in [0.15, 0.2) is 15.2 Å². The topological polar surface area (TPSA) is 80.0 Å². The number of aryl methyl sites for hydroxylation is 1. The molecule has 6 nitrogen and oxygen atoms in total. The Morgan fingerprint density at radius 2 is 2.28 bits per heavy atom. The highest BCUT2D eigenvalue weighted by molar-refractivity contribution is 9.10. The Bertz CT molecular complexity index is 484. The quantitative estimate of drug-likeness (QED) is 0.888. The highest BCUT2D eigenvalue weighted by Crippen LogP contribution is 2.22. The molecule has 0 aliphatic carbocycles. The van der Waals surface area contributed by atoms with Crippen molar-refractivity contribution in [2.45, 2.75) is 13.0 Å².